The van der Waals surface area contributed by atoms with Crippen molar-refractivity contribution in [3.63, 3.8) is 0 Å². The number of rotatable bonds is 5. The molecule has 1 saturated heterocycles. The van der Waals surface area contributed by atoms with Crippen LogP contribution in [0.15, 0.2) is 48.8 Å². The van der Waals surface area contributed by atoms with Crippen molar-refractivity contribution in [3.05, 3.63) is 65.7 Å². The Morgan fingerprint density at radius 1 is 1.14 bits per heavy atom. The van der Waals surface area contributed by atoms with Gasteiger partial charge in [0, 0.05) is 38.4 Å². The quantitative estimate of drug-likeness (QED) is 0.655. The SMILES string of the molecule is COC1(c2cc(F)cc(OCc3ccc4nccnc4c3)c2)CCOC(C)C1. The lowest BCUT2D eigenvalue weighted by atomic mass is 9.83. The lowest BCUT2D eigenvalue weighted by Gasteiger charge is -2.39. The van der Waals surface area contributed by atoms with Crippen LogP contribution in [0.1, 0.15) is 30.9 Å². The molecule has 1 aromatic heterocycles. The number of aromatic nitrogens is 2. The van der Waals surface area contributed by atoms with Gasteiger partial charge in [-0.25, -0.2) is 4.39 Å². The number of benzene rings is 2. The number of hydrogen-bond acceptors (Lipinski definition) is 5. The first-order valence-corrected chi connectivity index (χ1v) is 9.38. The molecule has 1 fully saturated rings. The van der Waals surface area contributed by atoms with E-state index in [-0.39, 0.29) is 11.9 Å². The number of ether oxygens (including phenoxy) is 3. The molecule has 0 amide bonds. The Kier molecular flexibility index (Phi) is 5.24. The molecule has 0 spiro atoms. The fourth-order valence-corrected chi connectivity index (χ4v) is 3.79. The van der Waals surface area contributed by atoms with Crippen molar-refractivity contribution in [3.8, 4) is 5.75 Å². The summed E-state index contributed by atoms with van der Waals surface area (Å²) in [6.45, 7) is 2.90. The van der Waals surface area contributed by atoms with E-state index < -0.39 is 5.60 Å². The van der Waals surface area contributed by atoms with Crippen LogP contribution in [-0.4, -0.2) is 29.8 Å². The van der Waals surface area contributed by atoms with Crippen LogP contribution in [0.5, 0.6) is 5.75 Å². The van der Waals surface area contributed by atoms with E-state index in [4.69, 9.17) is 14.2 Å². The van der Waals surface area contributed by atoms with E-state index in [0.29, 0.717) is 31.8 Å². The molecule has 0 N–H and O–H groups in total. The molecule has 28 heavy (non-hydrogen) atoms. The summed E-state index contributed by atoms with van der Waals surface area (Å²) >= 11 is 0. The fraction of sp³-hybridized carbons (Fsp3) is 0.364. The second-order valence-electron chi connectivity index (χ2n) is 7.18. The van der Waals surface area contributed by atoms with E-state index in [1.165, 1.54) is 12.1 Å². The first kappa shape index (κ1) is 18.8. The maximum Gasteiger partial charge on any atom is 0.127 e. The molecule has 5 nitrogen and oxygen atoms in total. The highest BCUT2D eigenvalue weighted by molar-refractivity contribution is 5.74. The van der Waals surface area contributed by atoms with Crippen molar-refractivity contribution < 1.29 is 18.6 Å². The monoisotopic (exact) mass is 382 g/mol. The fourth-order valence-electron chi connectivity index (χ4n) is 3.79. The highest BCUT2D eigenvalue weighted by Gasteiger charge is 2.38. The molecule has 1 aliphatic rings. The average Bonchev–Trinajstić information content (AvgIpc) is 2.71. The third-order valence-electron chi connectivity index (χ3n) is 5.25. The largest absolute Gasteiger partial charge is 0.489 e. The molecule has 0 saturated carbocycles. The Morgan fingerprint density at radius 2 is 1.96 bits per heavy atom. The summed E-state index contributed by atoms with van der Waals surface area (Å²) in [6, 6.07) is 10.6. The summed E-state index contributed by atoms with van der Waals surface area (Å²) in [5, 5.41) is 0. The van der Waals surface area contributed by atoms with Gasteiger partial charge in [-0.3, -0.25) is 9.97 Å². The summed E-state index contributed by atoms with van der Waals surface area (Å²) in [5.41, 5.74) is 2.80. The number of halogens is 1. The summed E-state index contributed by atoms with van der Waals surface area (Å²) in [4.78, 5) is 8.57. The lowest BCUT2D eigenvalue weighted by Crippen LogP contribution is -2.39. The van der Waals surface area contributed by atoms with Crippen molar-refractivity contribution in [2.75, 3.05) is 13.7 Å². The second-order valence-corrected chi connectivity index (χ2v) is 7.18. The van der Waals surface area contributed by atoms with Crippen LogP contribution >= 0.6 is 0 Å². The molecule has 0 radical (unpaired) electrons. The van der Waals surface area contributed by atoms with Crippen LogP contribution in [0.2, 0.25) is 0 Å². The van der Waals surface area contributed by atoms with Gasteiger partial charge >= 0.3 is 0 Å². The maximum atomic E-state index is 14.3. The van der Waals surface area contributed by atoms with Gasteiger partial charge in [0.15, 0.2) is 0 Å². The number of hydrogen-bond donors (Lipinski definition) is 0. The van der Waals surface area contributed by atoms with E-state index in [2.05, 4.69) is 9.97 Å². The third-order valence-corrected chi connectivity index (χ3v) is 5.25. The lowest BCUT2D eigenvalue weighted by molar-refractivity contribution is -0.122. The van der Waals surface area contributed by atoms with Crippen LogP contribution in [0.3, 0.4) is 0 Å². The standard InChI is InChI=1S/C22H23FN2O3/c1-15-13-22(26-2,5-8-27-15)17-10-18(23)12-19(11-17)28-14-16-3-4-20-21(9-16)25-7-6-24-20/h3-4,6-7,9-12,15H,5,8,13-14H2,1-2H3. The van der Waals surface area contributed by atoms with Gasteiger partial charge in [0.1, 0.15) is 18.2 Å². The molecule has 4 rings (SSSR count). The summed E-state index contributed by atoms with van der Waals surface area (Å²) < 4.78 is 31.7. The second kappa shape index (κ2) is 7.81. The minimum absolute atomic E-state index is 0.0556. The number of nitrogens with zero attached hydrogens (tertiary/aromatic N) is 2. The molecule has 2 unspecified atom stereocenters. The van der Waals surface area contributed by atoms with Gasteiger partial charge in [-0.15, -0.1) is 0 Å². The predicted octanol–water partition coefficient (Wildman–Crippen LogP) is 4.39. The Bertz CT molecular complexity index is 981. The molecule has 2 aromatic carbocycles. The van der Waals surface area contributed by atoms with E-state index in [1.807, 2.05) is 31.2 Å². The highest BCUT2D eigenvalue weighted by atomic mass is 19.1. The van der Waals surface area contributed by atoms with E-state index in [0.717, 1.165) is 22.2 Å². The van der Waals surface area contributed by atoms with Gasteiger partial charge in [0.25, 0.3) is 0 Å². The smallest absolute Gasteiger partial charge is 0.127 e. The van der Waals surface area contributed by atoms with Crippen molar-refractivity contribution in [1.29, 1.82) is 0 Å². The van der Waals surface area contributed by atoms with Gasteiger partial charge in [-0.2, -0.15) is 0 Å². The molecular weight excluding hydrogens is 359 g/mol. The topological polar surface area (TPSA) is 53.5 Å². The highest BCUT2D eigenvalue weighted by Crippen LogP contribution is 2.39. The molecular formula is C22H23FN2O3. The van der Waals surface area contributed by atoms with Crippen LogP contribution < -0.4 is 4.74 Å². The van der Waals surface area contributed by atoms with Gasteiger partial charge in [-0.1, -0.05) is 6.07 Å². The Balaban J connectivity index is 1.56. The van der Waals surface area contributed by atoms with Crippen molar-refractivity contribution in [1.82, 2.24) is 9.97 Å². The first-order valence-electron chi connectivity index (χ1n) is 9.38. The zero-order valence-electron chi connectivity index (χ0n) is 16.0. The van der Waals surface area contributed by atoms with Crippen LogP contribution in [0.25, 0.3) is 11.0 Å². The van der Waals surface area contributed by atoms with Crippen molar-refractivity contribution >= 4 is 11.0 Å². The summed E-state index contributed by atoms with van der Waals surface area (Å²) in [6.07, 6.45) is 4.73. The Morgan fingerprint density at radius 3 is 2.75 bits per heavy atom. The summed E-state index contributed by atoms with van der Waals surface area (Å²) in [7, 11) is 1.67. The van der Waals surface area contributed by atoms with E-state index >= 15 is 0 Å². The van der Waals surface area contributed by atoms with Crippen LogP contribution in [0.4, 0.5) is 4.39 Å². The van der Waals surface area contributed by atoms with Crippen molar-refractivity contribution in [2.45, 2.75) is 38.1 Å². The molecule has 6 heteroatoms. The zero-order chi connectivity index (χ0) is 19.6. The molecule has 2 heterocycles. The molecule has 3 aromatic rings. The number of fused-ring (bicyclic) bond motifs is 1. The number of methoxy groups -OCH3 is 1. The normalized spacial score (nSPS) is 22.3. The Labute approximate surface area is 163 Å². The molecule has 146 valence electrons. The average molecular weight is 382 g/mol. The first-order chi connectivity index (χ1) is 13.6. The molecule has 0 aliphatic carbocycles. The third kappa shape index (κ3) is 3.84. The van der Waals surface area contributed by atoms with Gasteiger partial charge in [-0.05, 0) is 42.3 Å². The van der Waals surface area contributed by atoms with Crippen LogP contribution in [-0.2, 0) is 21.7 Å². The Hall–Kier alpha value is -2.57. The predicted molar refractivity (Wildman–Crippen MR) is 104 cm³/mol. The molecule has 2 atom stereocenters. The summed E-state index contributed by atoms with van der Waals surface area (Å²) in [5.74, 6) is 0.136. The van der Waals surface area contributed by atoms with Gasteiger partial charge in [0.05, 0.1) is 29.3 Å². The van der Waals surface area contributed by atoms with Crippen molar-refractivity contribution in [2.24, 2.45) is 0 Å². The zero-order valence-corrected chi connectivity index (χ0v) is 16.0. The maximum absolute atomic E-state index is 14.3. The van der Waals surface area contributed by atoms with Crippen LogP contribution in [0, 0.1) is 5.82 Å². The minimum Gasteiger partial charge on any atom is -0.489 e. The molecule has 0 bridgehead atoms. The van der Waals surface area contributed by atoms with E-state index in [9.17, 15) is 4.39 Å². The minimum atomic E-state index is -0.559. The van der Waals surface area contributed by atoms with Gasteiger partial charge < -0.3 is 14.2 Å². The van der Waals surface area contributed by atoms with E-state index in [1.54, 1.807) is 19.5 Å². The van der Waals surface area contributed by atoms with Gasteiger partial charge in [0.2, 0.25) is 0 Å². The molecule has 1 aliphatic heterocycles.